The SMILES string of the molecule is CC1(C)CC(Cc2ccc(-c3ccccc3)cc2)NO1. The fourth-order valence-electron chi connectivity index (χ4n) is 2.78. The highest BCUT2D eigenvalue weighted by Gasteiger charge is 2.31. The average Bonchev–Trinajstić information content (AvgIpc) is 2.80. The molecule has 1 aliphatic rings. The minimum absolute atomic E-state index is 0.0470. The number of rotatable bonds is 3. The predicted octanol–water partition coefficient (Wildman–Crippen LogP) is 3.97. The van der Waals surface area contributed by atoms with Crippen molar-refractivity contribution in [2.75, 3.05) is 0 Å². The molecule has 104 valence electrons. The third-order valence-corrected chi connectivity index (χ3v) is 3.78. The first-order valence-corrected chi connectivity index (χ1v) is 7.20. The maximum atomic E-state index is 5.57. The quantitative estimate of drug-likeness (QED) is 0.908. The van der Waals surface area contributed by atoms with Gasteiger partial charge in [-0.15, -0.1) is 0 Å². The minimum atomic E-state index is -0.0470. The third-order valence-electron chi connectivity index (χ3n) is 3.78. The Hall–Kier alpha value is -1.64. The summed E-state index contributed by atoms with van der Waals surface area (Å²) in [5.74, 6) is 0. The van der Waals surface area contributed by atoms with E-state index < -0.39 is 0 Å². The van der Waals surface area contributed by atoms with Crippen molar-refractivity contribution in [2.45, 2.75) is 38.3 Å². The molecule has 1 heterocycles. The molecule has 20 heavy (non-hydrogen) atoms. The molecule has 0 bridgehead atoms. The highest BCUT2D eigenvalue weighted by Crippen LogP contribution is 2.25. The molecule has 0 amide bonds. The van der Waals surface area contributed by atoms with Crippen molar-refractivity contribution in [1.29, 1.82) is 0 Å². The van der Waals surface area contributed by atoms with Crippen LogP contribution in [0.3, 0.4) is 0 Å². The molecule has 1 saturated heterocycles. The zero-order valence-corrected chi connectivity index (χ0v) is 12.1. The maximum absolute atomic E-state index is 5.57. The van der Waals surface area contributed by atoms with E-state index in [0.717, 1.165) is 12.8 Å². The average molecular weight is 267 g/mol. The Morgan fingerprint density at radius 3 is 2.25 bits per heavy atom. The monoisotopic (exact) mass is 267 g/mol. The lowest BCUT2D eigenvalue weighted by atomic mass is 9.95. The van der Waals surface area contributed by atoms with Gasteiger partial charge in [-0.2, -0.15) is 5.48 Å². The first-order valence-electron chi connectivity index (χ1n) is 7.20. The molecule has 1 fully saturated rings. The summed E-state index contributed by atoms with van der Waals surface area (Å²) in [6.07, 6.45) is 2.06. The summed E-state index contributed by atoms with van der Waals surface area (Å²) in [6.45, 7) is 4.25. The van der Waals surface area contributed by atoms with Crippen molar-refractivity contribution in [1.82, 2.24) is 5.48 Å². The van der Waals surface area contributed by atoms with Gasteiger partial charge in [0.1, 0.15) is 0 Å². The molecule has 1 N–H and O–H groups in total. The molecule has 1 unspecified atom stereocenters. The second kappa shape index (κ2) is 5.39. The van der Waals surface area contributed by atoms with Crippen LogP contribution in [0, 0.1) is 0 Å². The van der Waals surface area contributed by atoms with Crippen molar-refractivity contribution < 1.29 is 4.84 Å². The van der Waals surface area contributed by atoms with Crippen LogP contribution < -0.4 is 5.48 Å². The van der Waals surface area contributed by atoms with E-state index in [1.807, 2.05) is 6.07 Å². The first kappa shape index (κ1) is 13.3. The number of nitrogens with one attached hydrogen (secondary N) is 1. The Morgan fingerprint density at radius 1 is 1.00 bits per heavy atom. The van der Waals surface area contributed by atoms with Gasteiger partial charge in [-0.1, -0.05) is 54.6 Å². The summed E-state index contributed by atoms with van der Waals surface area (Å²) in [6, 6.07) is 19.7. The third kappa shape index (κ3) is 3.09. The van der Waals surface area contributed by atoms with E-state index in [4.69, 9.17) is 4.84 Å². The van der Waals surface area contributed by atoms with Crippen molar-refractivity contribution in [2.24, 2.45) is 0 Å². The maximum Gasteiger partial charge on any atom is 0.0856 e. The molecule has 0 spiro atoms. The van der Waals surface area contributed by atoms with Crippen LogP contribution in [0.15, 0.2) is 54.6 Å². The van der Waals surface area contributed by atoms with Gasteiger partial charge in [-0.25, -0.2) is 0 Å². The number of benzene rings is 2. The fourth-order valence-corrected chi connectivity index (χ4v) is 2.78. The summed E-state index contributed by atoms with van der Waals surface area (Å²) in [4.78, 5) is 5.57. The summed E-state index contributed by atoms with van der Waals surface area (Å²) < 4.78 is 0. The zero-order chi connectivity index (χ0) is 14.0. The molecule has 2 aromatic carbocycles. The van der Waals surface area contributed by atoms with Gasteiger partial charge < -0.3 is 0 Å². The molecular weight excluding hydrogens is 246 g/mol. The Bertz CT molecular complexity index is 560. The van der Waals surface area contributed by atoms with Crippen molar-refractivity contribution in [3.63, 3.8) is 0 Å². The number of hydroxylamine groups is 1. The van der Waals surface area contributed by atoms with Gasteiger partial charge in [0.25, 0.3) is 0 Å². The van der Waals surface area contributed by atoms with E-state index in [2.05, 4.69) is 67.9 Å². The second-order valence-corrected chi connectivity index (χ2v) is 6.15. The fraction of sp³-hybridized carbons (Fsp3) is 0.333. The molecule has 1 aliphatic heterocycles. The van der Waals surface area contributed by atoms with Crippen molar-refractivity contribution in [3.8, 4) is 11.1 Å². The summed E-state index contributed by atoms with van der Waals surface area (Å²) in [7, 11) is 0. The predicted molar refractivity (Wildman–Crippen MR) is 82.3 cm³/mol. The molecule has 2 nitrogen and oxygen atoms in total. The van der Waals surface area contributed by atoms with Gasteiger partial charge in [0.05, 0.1) is 5.60 Å². The molecular formula is C18H21NO. The topological polar surface area (TPSA) is 21.3 Å². The van der Waals surface area contributed by atoms with E-state index in [9.17, 15) is 0 Å². The van der Waals surface area contributed by atoms with Gasteiger partial charge >= 0.3 is 0 Å². The van der Waals surface area contributed by atoms with Gasteiger partial charge in [0.2, 0.25) is 0 Å². The van der Waals surface area contributed by atoms with Crippen LogP contribution in [-0.2, 0) is 11.3 Å². The molecule has 0 saturated carbocycles. The smallest absolute Gasteiger partial charge is 0.0856 e. The molecule has 1 atom stereocenters. The summed E-state index contributed by atoms with van der Waals surface area (Å²) in [5.41, 5.74) is 6.98. The summed E-state index contributed by atoms with van der Waals surface area (Å²) >= 11 is 0. The Balaban J connectivity index is 1.68. The van der Waals surface area contributed by atoms with E-state index in [-0.39, 0.29) is 5.60 Å². The van der Waals surface area contributed by atoms with E-state index in [1.165, 1.54) is 16.7 Å². The van der Waals surface area contributed by atoms with Crippen molar-refractivity contribution in [3.05, 3.63) is 60.2 Å². The van der Waals surface area contributed by atoms with Crippen LogP contribution >= 0.6 is 0 Å². The van der Waals surface area contributed by atoms with Crippen molar-refractivity contribution >= 4 is 0 Å². The normalized spacial score (nSPS) is 21.0. The highest BCUT2D eigenvalue weighted by molar-refractivity contribution is 5.63. The van der Waals surface area contributed by atoms with Crippen LogP contribution in [0.1, 0.15) is 25.8 Å². The lowest BCUT2D eigenvalue weighted by Gasteiger charge is -2.13. The molecule has 2 heteroatoms. The Morgan fingerprint density at radius 2 is 1.65 bits per heavy atom. The van der Waals surface area contributed by atoms with Crippen LogP contribution in [0.25, 0.3) is 11.1 Å². The zero-order valence-electron chi connectivity index (χ0n) is 12.1. The summed E-state index contributed by atoms with van der Waals surface area (Å²) in [5, 5.41) is 0. The van der Waals surface area contributed by atoms with Crippen LogP contribution in [0.5, 0.6) is 0 Å². The van der Waals surface area contributed by atoms with E-state index >= 15 is 0 Å². The van der Waals surface area contributed by atoms with Crippen LogP contribution in [0.2, 0.25) is 0 Å². The van der Waals surface area contributed by atoms with Gasteiger partial charge in [0.15, 0.2) is 0 Å². The van der Waals surface area contributed by atoms with Gasteiger partial charge in [-0.3, -0.25) is 4.84 Å². The lowest BCUT2D eigenvalue weighted by Crippen LogP contribution is -2.22. The first-order chi connectivity index (χ1) is 9.62. The molecule has 0 aliphatic carbocycles. The van der Waals surface area contributed by atoms with Gasteiger partial charge in [-0.05, 0) is 43.4 Å². The number of hydrogen-bond donors (Lipinski definition) is 1. The molecule has 3 rings (SSSR count). The minimum Gasteiger partial charge on any atom is -0.295 e. The van der Waals surface area contributed by atoms with Crippen LogP contribution in [0.4, 0.5) is 0 Å². The Kier molecular flexibility index (Phi) is 3.60. The lowest BCUT2D eigenvalue weighted by molar-refractivity contribution is -0.0311. The van der Waals surface area contributed by atoms with Crippen LogP contribution in [-0.4, -0.2) is 11.6 Å². The second-order valence-electron chi connectivity index (χ2n) is 6.15. The van der Waals surface area contributed by atoms with E-state index in [1.54, 1.807) is 0 Å². The standard InChI is InChI=1S/C18H21NO/c1-18(2)13-17(19-20-18)12-14-8-10-16(11-9-14)15-6-4-3-5-7-15/h3-11,17,19H,12-13H2,1-2H3. The largest absolute Gasteiger partial charge is 0.295 e. The molecule has 0 radical (unpaired) electrons. The van der Waals surface area contributed by atoms with Gasteiger partial charge in [0, 0.05) is 6.04 Å². The highest BCUT2D eigenvalue weighted by atomic mass is 16.7. The molecule has 2 aromatic rings. The van der Waals surface area contributed by atoms with E-state index in [0.29, 0.717) is 6.04 Å². The number of hydrogen-bond acceptors (Lipinski definition) is 2. The Labute approximate surface area is 120 Å². The molecule has 0 aromatic heterocycles.